The van der Waals surface area contributed by atoms with E-state index < -0.39 is 5.97 Å². The SMILES string of the molecule is Bc1ccc(C2CCN(c3c[nH]c4c(C(=O)OC)ncnc34)C2=O)cc1. The highest BCUT2D eigenvalue weighted by atomic mass is 16.5. The molecule has 1 atom stereocenters. The number of amides is 1. The molecule has 0 spiro atoms. The number of rotatable bonds is 3. The molecule has 8 heteroatoms. The second kappa shape index (κ2) is 6.29. The predicted octanol–water partition coefficient (Wildman–Crippen LogP) is 0.523. The van der Waals surface area contributed by atoms with Crippen LogP contribution in [0.5, 0.6) is 0 Å². The molecule has 2 aromatic heterocycles. The average Bonchev–Trinajstić information content (AvgIpc) is 3.25. The number of aromatic amines is 1. The molecule has 1 amide bonds. The van der Waals surface area contributed by atoms with Crippen molar-refractivity contribution in [1.82, 2.24) is 15.0 Å². The van der Waals surface area contributed by atoms with Crippen molar-refractivity contribution < 1.29 is 14.3 Å². The molecule has 0 aliphatic carbocycles. The lowest BCUT2D eigenvalue weighted by molar-refractivity contribution is -0.118. The van der Waals surface area contributed by atoms with E-state index in [1.165, 1.54) is 18.9 Å². The second-order valence-electron chi connectivity index (χ2n) is 6.35. The van der Waals surface area contributed by atoms with Gasteiger partial charge in [-0.05, 0) is 12.0 Å². The minimum atomic E-state index is -0.545. The topological polar surface area (TPSA) is 88.2 Å². The molecule has 3 heterocycles. The van der Waals surface area contributed by atoms with Crippen LogP contribution in [0, 0.1) is 0 Å². The molecule has 1 unspecified atom stereocenters. The summed E-state index contributed by atoms with van der Waals surface area (Å²) in [5, 5.41) is 0. The Morgan fingerprint density at radius 2 is 2.08 bits per heavy atom. The van der Waals surface area contributed by atoms with E-state index in [2.05, 4.69) is 15.0 Å². The zero-order valence-electron chi connectivity index (χ0n) is 14.5. The summed E-state index contributed by atoms with van der Waals surface area (Å²) >= 11 is 0. The van der Waals surface area contributed by atoms with Crippen molar-refractivity contribution in [2.24, 2.45) is 0 Å². The highest BCUT2D eigenvalue weighted by molar-refractivity contribution is 6.32. The number of ether oxygens (including phenoxy) is 1. The number of anilines is 1. The number of nitrogens with one attached hydrogen (secondary N) is 1. The molecule has 7 nitrogen and oxygen atoms in total. The molecule has 1 aromatic carbocycles. The predicted molar refractivity (Wildman–Crippen MR) is 99.6 cm³/mol. The number of esters is 1. The van der Waals surface area contributed by atoms with E-state index in [1.54, 1.807) is 11.1 Å². The third-order valence-electron chi connectivity index (χ3n) is 4.80. The summed E-state index contributed by atoms with van der Waals surface area (Å²) in [4.78, 5) is 37.8. The molecule has 1 N–H and O–H groups in total. The standard InChI is InChI=1S/C18H17BN4O3/c1-26-18(25)16-15-14(21-9-22-16)13(8-20-15)23-7-6-12(17(23)24)10-2-4-11(19)5-3-10/h2-5,8-9,12,20H,6-7,19H2,1H3. The van der Waals surface area contributed by atoms with Gasteiger partial charge < -0.3 is 14.6 Å². The molecule has 0 bridgehead atoms. The number of hydrogen-bond acceptors (Lipinski definition) is 5. The van der Waals surface area contributed by atoms with Gasteiger partial charge in [-0.2, -0.15) is 0 Å². The van der Waals surface area contributed by atoms with E-state index in [-0.39, 0.29) is 17.5 Å². The molecule has 0 saturated carbocycles. The van der Waals surface area contributed by atoms with Crippen LogP contribution in [-0.2, 0) is 9.53 Å². The van der Waals surface area contributed by atoms with Crippen molar-refractivity contribution in [3.63, 3.8) is 0 Å². The first-order valence-electron chi connectivity index (χ1n) is 8.38. The van der Waals surface area contributed by atoms with Crippen LogP contribution < -0.4 is 10.4 Å². The Morgan fingerprint density at radius 3 is 2.81 bits per heavy atom. The first-order chi connectivity index (χ1) is 12.6. The molecular weight excluding hydrogens is 331 g/mol. The highest BCUT2D eigenvalue weighted by Crippen LogP contribution is 2.35. The van der Waals surface area contributed by atoms with Crippen molar-refractivity contribution in [1.29, 1.82) is 0 Å². The average molecular weight is 348 g/mol. The molecule has 1 aliphatic rings. The summed E-state index contributed by atoms with van der Waals surface area (Å²) in [7, 11) is 3.33. The van der Waals surface area contributed by atoms with Crippen LogP contribution in [0.4, 0.5) is 5.69 Å². The maximum Gasteiger partial charge on any atom is 0.358 e. The van der Waals surface area contributed by atoms with E-state index in [4.69, 9.17) is 4.74 Å². The highest BCUT2D eigenvalue weighted by Gasteiger charge is 2.35. The second-order valence-corrected chi connectivity index (χ2v) is 6.35. The van der Waals surface area contributed by atoms with Gasteiger partial charge in [0.15, 0.2) is 5.69 Å². The van der Waals surface area contributed by atoms with E-state index in [1.807, 2.05) is 32.1 Å². The Bertz CT molecular complexity index is 999. The van der Waals surface area contributed by atoms with Gasteiger partial charge in [0.2, 0.25) is 5.91 Å². The van der Waals surface area contributed by atoms with Crippen molar-refractivity contribution in [3.05, 3.63) is 48.0 Å². The van der Waals surface area contributed by atoms with Gasteiger partial charge in [-0.25, -0.2) is 14.8 Å². The molecule has 26 heavy (non-hydrogen) atoms. The number of nitrogens with zero attached hydrogens (tertiary/aromatic N) is 3. The zero-order chi connectivity index (χ0) is 18.3. The largest absolute Gasteiger partial charge is 0.464 e. The van der Waals surface area contributed by atoms with E-state index in [0.29, 0.717) is 23.3 Å². The van der Waals surface area contributed by atoms with Gasteiger partial charge in [0.05, 0.1) is 18.7 Å². The lowest BCUT2D eigenvalue weighted by Crippen LogP contribution is -2.26. The minimum absolute atomic E-state index is 0.0352. The van der Waals surface area contributed by atoms with E-state index in [0.717, 1.165) is 12.0 Å². The molecule has 130 valence electrons. The molecule has 1 saturated heterocycles. The maximum atomic E-state index is 13.0. The summed E-state index contributed by atoms with van der Waals surface area (Å²) in [5.41, 5.74) is 4.02. The number of carbonyl (C=O) groups is 2. The monoisotopic (exact) mass is 348 g/mol. The van der Waals surface area contributed by atoms with Gasteiger partial charge in [-0.3, -0.25) is 4.79 Å². The Kier molecular flexibility index (Phi) is 3.95. The van der Waals surface area contributed by atoms with Crippen molar-refractivity contribution in [2.45, 2.75) is 12.3 Å². The summed E-state index contributed by atoms with van der Waals surface area (Å²) < 4.78 is 4.75. The van der Waals surface area contributed by atoms with Gasteiger partial charge in [0.25, 0.3) is 0 Å². The maximum absolute atomic E-state index is 13.0. The van der Waals surface area contributed by atoms with Crippen molar-refractivity contribution >= 4 is 41.9 Å². The van der Waals surface area contributed by atoms with Gasteiger partial charge in [-0.15, -0.1) is 0 Å². The fourth-order valence-corrected chi connectivity index (χ4v) is 3.41. The van der Waals surface area contributed by atoms with E-state index in [9.17, 15) is 9.59 Å². The number of hydrogen-bond donors (Lipinski definition) is 1. The van der Waals surface area contributed by atoms with Crippen molar-refractivity contribution in [3.8, 4) is 0 Å². The Hall–Kier alpha value is -3.16. The van der Waals surface area contributed by atoms with Crippen LogP contribution in [0.15, 0.2) is 36.8 Å². The van der Waals surface area contributed by atoms with E-state index >= 15 is 0 Å². The van der Waals surface area contributed by atoms with Crippen LogP contribution in [0.25, 0.3) is 11.0 Å². The van der Waals surface area contributed by atoms with Gasteiger partial charge in [0, 0.05) is 12.7 Å². The van der Waals surface area contributed by atoms with Crippen LogP contribution in [-0.4, -0.2) is 48.3 Å². The third-order valence-corrected chi connectivity index (χ3v) is 4.80. The van der Waals surface area contributed by atoms with Crippen molar-refractivity contribution in [2.75, 3.05) is 18.6 Å². The number of H-pyrrole nitrogens is 1. The summed E-state index contributed by atoms with van der Waals surface area (Å²) in [6.07, 6.45) is 3.74. The fraction of sp³-hybridized carbons (Fsp3) is 0.222. The quantitative estimate of drug-likeness (QED) is 0.551. The third kappa shape index (κ3) is 2.54. The Morgan fingerprint density at radius 1 is 1.31 bits per heavy atom. The number of benzene rings is 1. The molecule has 4 rings (SSSR count). The Labute approximate surface area is 150 Å². The Balaban J connectivity index is 1.69. The summed E-state index contributed by atoms with van der Waals surface area (Å²) in [5.74, 6) is -0.675. The van der Waals surface area contributed by atoms with Gasteiger partial charge in [0.1, 0.15) is 25.2 Å². The molecule has 0 radical (unpaired) electrons. The molecular formula is C18H17BN4O3. The smallest absolute Gasteiger partial charge is 0.358 e. The first kappa shape index (κ1) is 16.3. The normalized spacial score (nSPS) is 17.0. The van der Waals surface area contributed by atoms with Crippen LogP contribution in [0.3, 0.4) is 0 Å². The van der Waals surface area contributed by atoms with Crippen LogP contribution in [0.2, 0.25) is 0 Å². The number of fused-ring (bicyclic) bond motifs is 1. The summed E-state index contributed by atoms with van der Waals surface area (Å²) in [6, 6.07) is 8.06. The number of methoxy groups -OCH3 is 1. The van der Waals surface area contributed by atoms with Crippen LogP contribution in [0.1, 0.15) is 28.4 Å². The first-order valence-corrected chi connectivity index (χ1v) is 8.38. The molecule has 1 aliphatic heterocycles. The number of aromatic nitrogens is 3. The van der Waals surface area contributed by atoms with Gasteiger partial charge >= 0.3 is 5.97 Å². The summed E-state index contributed by atoms with van der Waals surface area (Å²) in [6.45, 7) is 0.599. The minimum Gasteiger partial charge on any atom is -0.464 e. The lowest BCUT2D eigenvalue weighted by Gasteiger charge is -2.15. The molecule has 3 aromatic rings. The van der Waals surface area contributed by atoms with Crippen LogP contribution >= 0.6 is 0 Å². The number of carbonyl (C=O) groups excluding carboxylic acids is 2. The fourth-order valence-electron chi connectivity index (χ4n) is 3.41. The zero-order valence-corrected chi connectivity index (χ0v) is 14.5. The lowest BCUT2D eigenvalue weighted by atomic mass is 9.91. The van der Waals surface area contributed by atoms with Gasteiger partial charge in [-0.1, -0.05) is 29.7 Å². The molecule has 1 fully saturated rings.